The molecule has 0 bridgehead atoms. The molecule has 0 fully saturated rings. The van der Waals surface area contributed by atoms with E-state index in [1.54, 1.807) is 12.1 Å². The number of benzene rings is 1. The topological polar surface area (TPSA) is 59.3 Å². The summed E-state index contributed by atoms with van der Waals surface area (Å²) in [5.41, 5.74) is 0.679. The van der Waals surface area contributed by atoms with Crippen LogP contribution in [0.3, 0.4) is 0 Å². The third-order valence-corrected chi connectivity index (χ3v) is 2.21. The summed E-state index contributed by atoms with van der Waals surface area (Å²) in [5.74, 6) is -0.269. The molecule has 0 unspecified atom stereocenters. The summed E-state index contributed by atoms with van der Waals surface area (Å²) in [4.78, 5) is 22.7. The molecule has 1 amide bonds. The number of para-hydroxylation sites is 1. The highest BCUT2D eigenvalue weighted by Crippen LogP contribution is 2.12. The van der Waals surface area contributed by atoms with Crippen LogP contribution < -0.4 is 5.32 Å². The van der Waals surface area contributed by atoms with Crippen molar-refractivity contribution < 1.29 is 14.0 Å². The van der Waals surface area contributed by atoms with Crippen LogP contribution in [0.2, 0.25) is 0 Å². The maximum Gasteiger partial charge on any atom is 0.291 e. The molecule has 0 aliphatic carbocycles. The summed E-state index contributed by atoms with van der Waals surface area (Å²) < 4.78 is 5.12. The molecule has 1 aromatic carbocycles. The first-order chi connectivity index (χ1) is 8.16. The summed E-state index contributed by atoms with van der Waals surface area (Å²) in [7, 11) is 0. The zero-order valence-corrected chi connectivity index (χ0v) is 9.27. The first-order valence-corrected chi connectivity index (χ1v) is 5.14. The monoisotopic (exact) mass is 229 g/mol. The number of ketones is 1. The lowest BCUT2D eigenvalue weighted by atomic mass is 10.3. The van der Waals surface area contributed by atoms with Crippen molar-refractivity contribution in [3.63, 3.8) is 0 Å². The zero-order chi connectivity index (χ0) is 12.3. The predicted octanol–water partition coefficient (Wildman–Crippen LogP) is 2.73. The van der Waals surface area contributed by atoms with Gasteiger partial charge in [0.15, 0.2) is 17.3 Å². The largest absolute Gasteiger partial charge is 0.448 e. The number of anilines is 1. The second-order valence-electron chi connectivity index (χ2n) is 3.54. The van der Waals surface area contributed by atoms with Gasteiger partial charge < -0.3 is 9.73 Å². The molecule has 2 aromatic rings. The smallest absolute Gasteiger partial charge is 0.291 e. The number of hydrogen-bond acceptors (Lipinski definition) is 3. The van der Waals surface area contributed by atoms with E-state index < -0.39 is 0 Å². The summed E-state index contributed by atoms with van der Waals surface area (Å²) in [6.45, 7) is 1.39. The van der Waals surface area contributed by atoms with Gasteiger partial charge in [-0.25, -0.2) is 0 Å². The Bertz CT molecular complexity index is 543. The molecule has 0 spiro atoms. The highest BCUT2D eigenvalue weighted by atomic mass is 16.4. The summed E-state index contributed by atoms with van der Waals surface area (Å²) in [6.07, 6.45) is 0. The fourth-order valence-corrected chi connectivity index (χ4v) is 1.36. The number of Topliss-reactive ketones (excluding diaryl/α,β-unsaturated/α-hetero) is 1. The van der Waals surface area contributed by atoms with Crippen LogP contribution in [-0.2, 0) is 0 Å². The normalized spacial score (nSPS) is 9.94. The van der Waals surface area contributed by atoms with Crippen LogP contribution in [0, 0.1) is 0 Å². The molecule has 0 atom stereocenters. The molecule has 2 rings (SSSR count). The Hall–Kier alpha value is -2.36. The molecule has 1 aromatic heterocycles. The summed E-state index contributed by atoms with van der Waals surface area (Å²) >= 11 is 0. The minimum atomic E-state index is -0.372. The molecule has 1 N–H and O–H groups in total. The first kappa shape index (κ1) is 11.1. The van der Waals surface area contributed by atoms with Crippen LogP contribution in [-0.4, -0.2) is 11.7 Å². The molecular formula is C13H11NO3. The van der Waals surface area contributed by atoms with Gasteiger partial charge in [-0.05, 0) is 24.3 Å². The molecule has 4 heteroatoms. The van der Waals surface area contributed by atoms with Crippen molar-refractivity contribution in [3.8, 4) is 0 Å². The number of carbonyl (C=O) groups excluding carboxylic acids is 2. The third kappa shape index (κ3) is 2.60. The summed E-state index contributed by atoms with van der Waals surface area (Å²) in [5, 5.41) is 2.67. The molecule has 0 saturated heterocycles. The standard InChI is InChI=1S/C13H11NO3/c1-9(15)11-7-8-12(17-11)13(16)14-10-5-3-2-4-6-10/h2-8H,1H3,(H,14,16). The van der Waals surface area contributed by atoms with Gasteiger partial charge in [-0.15, -0.1) is 0 Å². The molecular weight excluding hydrogens is 218 g/mol. The molecule has 4 nitrogen and oxygen atoms in total. The highest BCUT2D eigenvalue weighted by Gasteiger charge is 2.13. The zero-order valence-electron chi connectivity index (χ0n) is 9.27. The molecule has 0 aliphatic heterocycles. The van der Waals surface area contributed by atoms with E-state index in [1.165, 1.54) is 19.1 Å². The van der Waals surface area contributed by atoms with Gasteiger partial charge in [-0.1, -0.05) is 18.2 Å². The van der Waals surface area contributed by atoms with Crippen LogP contribution in [0.5, 0.6) is 0 Å². The van der Waals surface area contributed by atoms with Gasteiger partial charge in [0, 0.05) is 12.6 Å². The van der Waals surface area contributed by atoms with Crippen LogP contribution in [0.1, 0.15) is 28.0 Å². The van der Waals surface area contributed by atoms with E-state index in [4.69, 9.17) is 4.42 Å². The van der Waals surface area contributed by atoms with Gasteiger partial charge in [0.05, 0.1) is 0 Å². The van der Waals surface area contributed by atoms with Crippen molar-refractivity contribution in [1.82, 2.24) is 0 Å². The summed E-state index contributed by atoms with van der Waals surface area (Å²) in [6, 6.07) is 12.0. The van der Waals surface area contributed by atoms with E-state index >= 15 is 0 Å². The molecule has 86 valence electrons. The van der Waals surface area contributed by atoms with E-state index in [2.05, 4.69) is 5.32 Å². The van der Waals surface area contributed by atoms with E-state index in [9.17, 15) is 9.59 Å². The lowest BCUT2D eigenvalue weighted by molar-refractivity contribution is 0.0969. The first-order valence-electron chi connectivity index (χ1n) is 5.14. The quantitative estimate of drug-likeness (QED) is 0.823. The van der Waals surface area contributed by atoms with Crippen molar-refractivity contribution in [2.24, 2.45) is 0 Å². The van der Waals surface area contributed by atoms with Gasteiger partial charge in [0.25, 0.3) is 5.91 Å². The van der Waals surface area contributed by atoms with Crippen LogP contribution >= 0.6 is 0 Å². The molecule has 0 saturated carbocycles. The van der Waals surface area contributed by atoms with Gasteiger partial charge >= 0.3 is 0 Å². The Morgan fingerprint density at radius 3 is 2.24 bits per heavy atom. The number of nitrogens with one attached hydrogen (secondary N) is 1. The maximum absolute atomic E-state index is 11.7. The lowest BCUT2D eigenvalue weighted by Gasteiger charge is -2.01. The van der Waals surface area contributed by atoms with Crippen molar-refractivity contribution in [2.45, 2.75) is 6.92 Å². The Labute approximate surface area is 98.3 Å². The number of hydrogen-bond donors (Lipinski definition) is 1. The van der Waals surface area contributed by atoms with Crippen molar-refractivity contribution in [2.75, 3.05) is 5.32 Å². The van der Waals surface area contributed by atoms with Gasteiger partial charge in [0.1, 0.15) is 0 Å². The van der Waals surface area contributed by atoms with Crippen molar-refractivity contribution in [1.29, 1.82) is 0 Å². The van der Waals surface area contributed by atoms with Gasteiger partial charge in [-0.3, -0.25) is 9.59 Å². The number of furan rings is 1. The Morgan fingerprint density at radius 1 is 1.00 bits per heavy atom. The molecule has 17 heavy (non-hydrogen) atoms. The number of carbonyl (C=O) groups is 2. The average Bonchev–Trinajstić information content (AvgIpc) is 2.79. The van der Waals surface area contributed by atoms with E-state index in [0.717, 1.165) is 0 Å². The second-order valence-corrected chi connectivity index (χ2v) is 3.54. The molecule has 1 heterocycles. The molecule has 0 aliphatic rings. The van der Waals surface area contributed by atoms with Crippen LogP contribution in [0.15, 0.2) is 46.9 Å². The third-order valence-electron chi connectivity index (χ3n) is 2.21. The molecule has 0 radical (unpaired) electrons. The highest BCUT2D eigenvalue weighted by molar-refractivity contribution is 6.03. The van der Waals surface area contributed by atoms with Gasteiger partial charge in [-0.2, -0.15) is 0 Å². The number of rotatable bonds is 3. The second kappa shape index (κ2) is 4.65. The number of amides is 1. The van der Waals surface area contributed by atoms with E-state index in [0.29, 0.717) is 5.69 Å². The fourth-order valence-electron chi connectivity index (χ4n) is 1.36. The van der Waals surface area contributed by atoms with Crippen LogP contribution in [0.4, 0.5) is 5.69 Å². The predicted molar refractivity (Wildman–Crippen MR) is 63.1 cm³/mol. The van der Waals surface area contributed by atoms with Gasteiger partial charge in [0.2, 0.25) is 0 Å². The Morgan fingerprint density at radius 2 is 1.65 bits per heavy atom. The minimum Gasteiger partial charge on any atom is -0.448 e. The average molecular weight is 229 g/mol. The fraction of sp³-hybridized carbons (Fsp3) is 0.0769. The minimum absolute atomic E-state index is 0.124. The van der Waals surface area contributed by atoms with Crippen molar-refractivity contribution in [3.05, 3.63) is 54.0 Å². The Kier molecular flexibility index (Phi) is 3.05. The van der Waals surface area contributed by atoms with E-state index in [1.807, 2.05) is 18.2 Å². The lowest BCUT2D eigenvalue weighted by Crippen LogP contribution is -2.10. The van der Waals surface area contributed by atoms with E-state index in [-0.39, 0.29) is 23.2 Å². The van der Waals surface area contributed by atoms with Crippen LogP contribution in [0.25, 0.3) is 0 Å². The SMILES string of the molecule is CC(=O)c1ccc(C(=O)Nc2ccccc2)o1. The maximum atomic E-state index is 11.7. The van der Waals surface area contributed by atoms with Crippen molar-refractivity contribution >= 4 is 17.4 Å². The Balaban J connectivity index is 2.12.